The van der Waals surface area contributed by atoms with E-state index in [1.807, 2.05) is 236 Å². The maximum Gasteiger partial charge on any atom is 2.00 e. The Morgan fingerprint density at radius 3 is 0.816 bits per heavy atom. The Bertz CT molecular complexity index is 6290. The van der Waals surface area contributed by atoms with Crippen LogP contribution in [0.3, 0.4) is 0 Å². The van der Waals surface area contributed by atoms with E-state index in [-0.39, 0.29) is 99.3 Å². The van der Waals surface area contributed by atoms with E-state index in [1.54, 1.807) is 11.1 Å². The molecule has 0 radical (unpaired) electrons. The van der Waals surface area contributed by atoms with Gasteiger partial charge in [-0.25, -0.2) is 13.7 Å². The maximum absolute atomic E-state index is 10.6. The number of benzene rings is 10. The van der Waals surface area contributed by atoms with Crippen LogP contribution < -0.4 is 33.3 Å². The van der Waals surface area contributed by atoms with Gasteiger partial charge in [-0.05, 0) is 190 Å². The van der Waals surface area contributed by atoms with Gasteiger partial charge < -0.3 is 35.8 Å². The van der Waals surface area contributed by atoms with E-state index >= 15 is 0 Å². The summed E-state index contributed by atoms with van der Waals surface area (Å²) in [4.78, 5) is 8.36. The Morgan fingerprint density at radius 2 is 0.461 bits per heavy atom. The number of hydrogen-bond acceptors (Lipinski definition) is 1. The second kappa shape index (κ2) is 51.7. The summed E-state index contributed by atoms with van der Waals surface area (Å²) < 4.78 is 7.69. The Morgan fingerprint density at radius 1 is 0.227 bits per heavy atom. The molecule has 0 saturated heterocycles. The van der Waals surface area contributed by atoms with Crippen LogP contribution in [-0.4, -0.2) is 19.0 Å². The molecule has 730 valence electrons. The number of fused-ring (bicyclic) bond motifs is 3. The van der Waals surface area contributed by atoms with Gasteiger partial charge >= 0.3 is 93.3 Å². The molecule has 3 spiro atoms. The first-order valence-corrected chi connectivity index (χ1v) is 53.9. The number of rotatable bonds is 3. The van der Waals surface area contributed by atoms with Crippen LogP contribution in [0.5, 0.6) is 0 Å². The molecular formula is C128H159N10U3+3. The summed E-state index contributed by atoms with van der Waals surface area (Å²) in [6.07, 6.45) is 19.3. The van der Waals surface area contributed by atoms with Gasteiger partial charge in [0.15, 0.2) is 35.7 Å². The average molecular weight is 2550 g/mol. The fourth-order valence-electron chi connectivity index (χ4n) is 24.9. The van der Waals surface area contributed by atoms with Crippen molar-refractivity contribution in [1.82, 2.24) is 0 Å². The molecule has 6 atom stereocenters. The third-order valence-corrected chi connectivity index (χ3v) is 28.1. The zero-order valence-corrected chi connectivity index (χ0v) is 104. The molecular weight excluding hydrogens is 2390 g/mol. The van der Waals surface area contributed by atoms with Crippen LogP contribution in [-0.2, 0) is 74.4 Å². The minimum absolute atomic E-state index is 0. The number of hydrogen-bond donors (Lipinski definition) is 0. The zero-order valence-electron chi connectivity index (χ0n) is 91.3. The number of anilines is 6. The van der Waals surface area contributed by atoms with Gasteiger partial charge in [-0.3, -0.25) is 19.6 Å². The van der Waals surface area contributed by atoms with Crippen LogP contribution in [0.25, 0.3) is 16.2 Å². The van der Waals surface area contributed by atoms with Gasteiger partial charge in [-0.1, -0.05) is 390 Å². The summed E-state index contributed by atoms with van der Waals surface area (Å²) in [5.74, 6) is 0.804. The number of para-hydroxylation sites is 1. The standard InChI is InChI=1S/C36H23N4.2C30H20N3.16C2H6.3U/c37-19-38-18-36-32-27(38)11-4-12-28(32)40-26-10-2-1-6-20(26)14-25-17-24-16-22-8-3-7-21-15-23-9-5-13-39(36)34(23)31(29(21)22)30(24)33(36)35(25)40;2*31-16-32-15-30-27-20(6-2-8-23(27)32)14-21-10-9-19-12-17-4-1-5-18-13-22-7-3-11-33(30)29(22)26(24(17)18)25(19)28(21)30;16*1-2;;;/h1-13,17-19,31H,14-16H2;2*1-11,15-16,26H,12-14H2;16*1-2H3;;;/q3*-1;;;;;;;;;;;;;;;;;3*+2. The summed E-state index contributed by atoms with van der Waals surface area (Å²) in [7, 11) is 0. The normalized spacial score (nSPS) is 17.7. The molecule has 29 rings (SSSR count). The van der Waals surface area contributed by atoms with Crippen molar-refractivity contribution in [2.75, 3.05) is 19.6 Å². The molecule has 11 heterocycles. The third-order valence-electron chi connectivity index (χ3n) is 28.1. The molecule has 0 N–H and O–H groups in total. The summed E-state index contributed by atoms with van der Waals surface area (Å²) in [6, 6.07) is 75.0. The SMILES string of the molecule is CC.CC.CC.CC.CC.CC.CC.CC.CC.CC.CC.CC.CC.CC.CC.CC.[N-]=CN1[CH-]C23c4c(cccc41)Cc1ccc4c(c12)C1c2c(cccc2Cc2ccc[n+]3c21)C4.[N-]=CN1[CH-]C23c4c(cccc41)Cc1ccc4c(c12)C1c2c(cccc2Cc2ccc[n+]3c21)C4.[N-]=CN1[CH-]C23c4c1cccc4N1c4ccccc4Cc4cc5c(c2c41)C1c2c(cccc2Cc2ccc[n+]3c21)C5.[U+2].[U+2].[U+2]. The van der Waals surface area contributed by atoms with Crippen molar-refractivity contribution in [3.05, 3.63) is 439 Å². The van der Waals surface area contributed by atoms with Crippen LogP contribution in [0.2, 0.25) is 0 Å². The molecule has 8 aliphatic carbocycles. The molecule has 0 amide bonds. The minimum atomic E-state index is -0.533. The molecule has 10 nitrogen and oxygen atoms in total. The molecule has 0 fully saturated rings. The van der Waals surface area contributed by atoms with Crippen LogP contribution in [0.1, 0.15) is 423 Å². The Balaban J connectivity index is 0.000000225. The van der Waals surface area contributed by atoms with E-state index in [2.05, 4.69) is 257 Å². The van der Waals surface area contributed by atoms with E-state index in [1.165, 1.54) is 209 Å². The second-order valence-electron chi connectivity index (χ2n) is 32.4. The smallest absolute Gasteiger partial charge is 0.595 e. The summed E-state index contributed by atoms with van der Waals surface area (Å²) >= 11 is 0. The largest absolute Gasteiger partial charge is 2.00 e. The fourth-order valence-corrected chi connectivity index (χ4v) is 24.9. The van der Waals surface area contributed by atoms with Crippen molar-refractivity contribution in [3.63, 3.8) is 0 Å². The first-order valence-electron chi connectivity index (χ1n) is 53.9. The Kier molecular flexibility index (Phi) is 43.0. The van der Waals surface area contributed by atoms with Gasteiger partial charge in [0.05, 0.1) is 29.1 Å². The first-order chi connectivity index (χ1) is 68.4. The molecule has 3 aromatic heterocycles. The second-order valence-corrected chi connectivity index (χ2v) is 32.4. The zero-order chi connectivity index (χ0) is 101. The predicted octanol–water partition coefficient (Wildman–Crippen LogP) is 31.9. The van der Waals surface area contributed by atoms with Crippen LogP contribution in [0.4, 0.5) is 34.1 Å². The molecule has 13 heteroatoms. The Labute approximate surface area is 922 Å². The third kappa shape index (κ3) is 17.5. The molecule has 8 aliphatic heterocycles. The molecule has 10 aromatic carbocycles. The van der Waals surface area contributed by atoms with Crippen molar-refractivity contribution in [2.24, 2.45) is 0 Å². The van der Waals surface area contributed by atoms with E-state index in [9.17, 15) is 16.2 Å². The molecule has 13 aromatic rings. The van der Waals surface area contributed by atoms with E-state index < -0.39 is 16.6 Å². The summed E-state index contributed by atoms with van der Waals surface area (Å²) in [6.45, 7) is 70.8. The first kappa shape index (κ1) is 117. The van der Waals surface area contributed by atoms with E-state index in [0.29, 0.717) is 11.8 Å². The van der Waals surface area contributed by atoms with Crippen molar-refractivity contribution >= 4 is 53.1 Å². The van der Waals surface area contributed by atoms with Gasteiger partial charge in [0.2, 0.25) is 0 Å². The summed E-state index contributed by atoms with van der Waals surface area (Å²) in [5.41, 5.74) is 53.2. The Hall–Kier alpha value is -8.98. The molecule has 0 saturated carbocycles. The van der Waals surface area contributed by atoms with E-state index in [0.717, 1.165) is 74.8 Å². The monoisotopic (exact) mass is 2550 g/mol. The molecule has 16 aliphatic rings. The topological polar surface area (TPSA) is 91.5 Å². The van der Waals surface area contributed by atoms with Gasteiger partial charge in [-0.2, -0.15) is 0 Å². The summed E-state index contributed by atoms with van der Waals surface area (Å²) in [5, 5.41) is 31.1. The van der Waals surface area contributed by atoms with Crippen molar-refractivity contribution < 1.29 is 107 Å². The molecule has 141 heavy (non-hydrogen) atoms. The van der Waals surface area contributed by atoms with Crippen molar-refractivity contribution in [3.8, 4) is 0 Å². The maximum atomic E-state index is 10.6. The number of pyridine rings is 3. The number of nitrogens with zero attached hydrogens (tertiary/aromatic N) is 10. The van der Waals surface area contributed by atoms with E-state index in [4.69, 9.17) is 0 Å². The van der Waals surface area contributed by atoms with Gasteiger partial charge in [0, 0.05) is 88.5 Å². The van der Waals surface area contributed by atoms with Gasteiger partial charge in [0.1, 0.15) is 16.6 Å². The fraction of sp³-hybridized carbons (Fsp3) is 0.367. The van der Waals surface area contributed by atoms with Crippen LogP contribution >= 0.6 is 0 Å². The average Bonchev–Trinajstić information content (AvgIpc) is 1.60. The van der Waals surface area contributed by atoms with Gasteiger partial charge in [0.25, 0.3) is 0 Å². The van der Waals surface area contributed by atoms with Crippen molar-refractivity contribution in [1.29, 1.82) is 0 Å². The molecule has 0 bridgehead atoms. The molecule has 6 unspecified atom stereocenters. The number of aromatic nitrogens is 3. The van der Waals surface area contributed by atoms with Gasteiger partial charge in [-0.15, -0.1) is 19.0 Å². The van der Waals surface area contributed by atoms with Crippen LogP contribution in [0, 0.1) is 113 Å². The van der Waals surface area contributed by atoms with Crippen LogP contribution in [0.15, 0.2) is 219 Å². The quantitative estimate of drug-likeness (QED) is 0.0763. The minimum Gasteiger partial charge on any atom is -0.595 e. The predicted molar refractivity (Wildman–Crippen MR) is 593 cm³/mol. The van der Waals surface area contributed by atoms with Crippen molar-refractivity contribution in [2.45, 2.75) is 314 Å².